The van der Waals surface area contributed by atoms with Crippen LogP contribution in [0.2, 0.25) is 0 Å². The summed E-state index contributed by atoms with van der Waals surface area (Å²) in [4.78, 5) is 11.4. The van der Waals surface area contributed by atoms with Crippen molar-refractivity contribution in [3.63, 3.8) is 0 Å². The van der Waals surface area contributed by atoms with Crippen molar-refractivity contribution >= 4 is 5.91 Å². The predicted octanol–water partition coefficient (Wildman–Crippen LogP) is -0.123. The van der Waals surface area contributed by atoms with Gasteiger partial charge in [0.05, 0.1) is 11.8 Å². The van der Waals surface area contributed by atoms with Gasteiger partial charge in [0.1, 0.15) is 0 Å². The number of H-pyrrole nitrogens is 1. The van der Waals surface area contributed by atoms with Gasteiger partial charge in [-0.2, -0.15) is 5.10 Å². The summed E-state index contributed by atoms with van der Waals surface area (Å²) in [5, 5.41) is 9.06. The smallest absolute Gasteiger partial charge is 0.254 e. The Kier molecular flexibility index (Phi) is 3.45. The third-order valence-electron chi connectivity index (χ3n) is 1.87. The van der Waals surface area contributed by atoms with Crippen LogP contribution in [-0.2, 0) is 0 Å². The molecule has 1 aromatic heterocycles. The number of carbonyl (C=O) groups is 1. The quantitative estimate of drug-likeness (QED) is 0.606. The van der Waals surface area contributed by atoms with Crippen LogP contribution in [0.1, 0.15) is 23.7 Å². The van der Waals surface area contributed by atoms with E-state index in [0.717, 1.165) is 6.42 Å². The van der Waals surface area contributed by atoms with Gasteiger partial charge in [-0.15, -0.1) is 0 Å². The summed E-state index contributed by atoms with van der Waals surface area (Å²) in [6.07, 6.45) is 3.87. The van der Waals surface area contributed by atoms with E-state index in [1.165, 1.54) is 6.20 Å². The number of rotatable bonds is 4. The van der Waals surface area contributed by atoms with E-state index in [4.69, 9.17) is 5.73 Å². The first kappa shape index (κ1) is 9.73. The van der Waals surface area contributed by atoms with E-state index in [2.05, 4.69) is 15.5 Å². The lowest BCUT2D eigenvalue weighted by Gasteiger charge is -2.13. The van der Waals surface area contributed by atoms with E-state index in [9.17, 15) is 4.79 Å². The second-order valence-corrected chi connectivity index (χ2v) is 2.80. The fourth-order valence-corrected chi connectivity index (χ4v) is 0.971. The minimum Gasteiger partial charge on any atom is -0.348 e. The van der Waals surface area contributed by atoms with Crippen LogP contribution in [0.4, 0.5) is 0 Å². The molecule has 0 aliphatic carbocycles. The van der Waals surface area contributed by atoms with E-state index >= 15 is 0 Å². The average molecular weight is 182 g/mol. The van der Waals surface area contributed by atoms with Crippen molar-refractivity contribution in [1.29, 1.82) is 0 Å². The van der Waals surface area contributed by atoms with Crippen LogP contribution in [0, 0.1) is 0 Å². The molecule has 0 fully saturated rings. The Morgan fingerprint density at radius 1 is 1.85 bits per heavy atom. The lowest BCUT2D eigenvalue weighted by Crippen LogP contribution is -2.39. The first-order valence-corrected chi connectivity index (χ1v) is 4.27. The van der Waals surface area contributed by atoms with Gasteiger partial charge in [-0.25, -0.2) is 0 Å². The van der Waals surface area contributed by atoms with Gasteiger partial charge in [-0.1, -0.05) is 6.92 Å². The molecule has 4 N–H and O–H groups in total. The van der Waals surface area contributed by atoms with Crippen LogP contribution >= 0.6 is 0 Å². The number of aromatic amines is 1. The summed E-state index contributed by atoms with van der Waals surface area (Å²) in [5.41, 5.74) is 5.98. The molecule has 0 radical (unpaired) electrons. The number of nitrogens with one attached hydrogen (secondary N) is 2. The third-order valence-corrected chi connectivity index (χ3v) is 1.87. The standard InChI is InChI=1S/C8H14N4O/c1-2-7(3-9)12-8(13)6-4-10-11-5-6/h4-5,7H,2-3,9H2,1H3,(H,10,11)(H,12,13). The van der Waals surface area contributed by atoms with Crippen molar-refractivity contribution in [1.82, 2.24) is 15.5 Å². The van der Waals surface area contributed by atoms with Gasteiger partial charge in [0, 0.05) is 18.8 Å². The van der Waals surface area contributed by atoms with E-state index in [0.29, 0.717) is 12.1 Å². The maximum absolute atomic E-state index is 11.4. The van der Waals surface area contributed by atoms with Gasteiger partial charge in [0.15, 0.2) is 0 Å². The normalized spacial score (nSPS) is 12.5. The van der Waals surface area contributed by atoms with Gasteiger partial charge < -0.3 is 11.1 Å². The topological polar surface area (TPSA) is 83.8 Å². The number of amides is 1. The maximum atomic E-state index is 11.4. The maximum Gasteiger partial charge on any atom is 0.254 e. The highest BCUT2D eigenvalue weighted by molar-refractivity contribution is 5.93. The summed E-state index contributed by atoms with van der Waals surface area (Å²) in [5.74, 6) is -0.133. The minimum absolute atomic E-state index is 0.0439. The highest BCUT2D eigenvalue weighted by Crippen LogP contribution is 1.95. The summed E-state index contributed by atoms with van der Waals surface area (Å²) in [6, 6.07) is 0.0439. The number of hydrogen-bond donors (Lipinski definition) is 3. The lowest BCUT2D eigenvalue weighted by atomic mass is 10.2. The van der Waals surface area contributed by atoms with Crippen molar-refractivity contribution in [2.75, 3.05) is 6.54 Å². The number of nitrogens with two attached hydrogens (primary N) is 1. The predicted molar refractivity (Wildman–Crippen MR) is 49.2 cm³/mol. The van der Waals surface area contributed by atoms with E-state index < -0.39 is 0 Å². The van der Waals surface area contributed by atoms with Crippen molar-refractivity contribution in [2.24, 2.45) is 5.73 Å². The molecule has 0 saturated heterocycles. The van der Waals surface area contributed by atoms with Crippen molar-refractivity contribution in [3.05, 3.63) is 18.0 Å². The van der Waals surface area contributed by atoms with E-state index in [1.54, 1.807) is 6.20 Å². The first-order valence-electron chi connectivity index (χ1n) is 4.27. The molecule has 1 unspecified atom stereocenters. The third kappa shape index (κ3) is 2.55. The lowest BCUT2D eigenvalue weighted by molar-refractivity contribution is 0.0937. The zero-order valence-corrected chi connectivity index (χ0v) is 7.58. The number of hydrogen-bond acceptors (Lipinski definition) is 3. The van der Waals surface area contributed by atoms with Gasteiger partial charge in [0.2, 0.25) is 0 Å². The minimum atomic E-state index is -0.133. The molecule has 0 saturated carbocycles. The summed E-state index contributed by atoms with van der Waals surface area (Å²) >= 11 is 0. The van der Waals surface area contributed by atoms with Gasteiger partial charge in [0.25, 0.3) is 5.91 Å². The number of carbonyl (C=O) groups excluding carboxylic acids is 1. The largest absolute Gasteiger partial charge is 0.348 e. The Balaban J connectivity index is 2.50. The van der Waals surface area contributed by atoms with Crippen molar-refractivity contribution in [2.45, 2.75) is 19.4 Å². The molecular weight excluding hydrogens is 168 g/mol. The fourth-order valence-electron chi connectivity index (χ4n) is 0.971. The zero-order chi connectivity index (χ0) is 9.68. The van der Waals surface area contributed by atoms with Crippen LogP contribution in [0.5, 0.6) is 0 Å². The second-order valence-electron chi connectivity index (χ2n) is 2.80. The van der Waals surface area contributed by atoms with E-state index in [1.807, 2.05) is 6.92 Å². The van der Waals surface area contributed by atoms with E-state index in [-0.39, 0.29) is 11.9 Å². The fraction of sp³-hybridized carbons (Fsp3) is 0.500. The molecule has 0 spiro atoms. The molecule has 5 nitrogen and oxygen atoms in total. The SMILES string of the molecule is CCC(CN)NC(=O)c1cn[nH]c1. The van der Waals surface area contributed by atoms with Crippen LogP contribution in [-0.4, -0.2) is 28.7 Å². The average Bonchev–Trinajstić information content (AvgIpc) is 2.66. The van der Waals surface area contributed by atoms with Crippen molar-refractivity contribution in [3.8, 4) is 0 Å². The summed E-state index contributed by atoms with van der Waals surface area (Å²) in [6.45, 7) is 2.44. The Labute approximate surface area is 76.7 Å². The van der Waals surface area contributed by atoms with Gasteiger partial charge in [-0.3, -0.25) is 9.89 Å². The van der Waals surface area contributed by atoms with Crippen LogP contribution in [0.3, 0.4) is 0 Å². The molecule has 1 aromatic rings. The van der Waals surface area contributed by atoms with Crippen LogP contribution < -0.4 is 11.1 Å². The molecule has 5 heteroatoms. The molecule has 1 atom stereocenters. The molecule has 0 aliphatic heterocycles. The molecule has 1 rings (SSSR count). The van der Waals surface area contributed by atoms with Crippen LogP contribution in [0.25, 0.3) is 0 Å². The first-order chi connectivity index (χ1) is 6.27. The summed E-state index contributed by atoms with van der Waals surface area (Å²) in [7, 11) is 0. The molecule has 0 aliphatic rings. The van der Waals surface area contributed by atoms with Gasteiger partial charge in [-0.05, 0) is 6.42 Å². The second kappa shape index (κ2) is 4.61. The number of nitrogens with zero attached hydrogens (tertiary/aromatic N) is 1. The Bertz CT molecular complexity index is 253. The highest BCUT2D eigenvalue weighted by atomic mass is 16.1. The molecule has 1 amide bonds. The number of aromatic nitrogens is 2. The molecule has 13 heavy (non-hydrogen) atoms. The molecule has 1 heterocycles. The van der Waals surface area contributed by atoms with Crippen LogP contribution in [0.15, 0.2) is 12.4 Å². The monoisotopic (exact) mass is 182 g/mol. The molecule has 0 aromatic carbocycles. The van der Waals surface area contributed by atoms with Crippen molar-refractivity contribution < 1.29 is 4.79 Å². The Morgan fingerprint density at radius 3 is 3.08 bits per heavy atom. The Hall–Kier alpha value is -1.36. The highest BCUT2D eigenvalue weighted by Gasteiger charge is 2.10. The Morgan fingerprint density at radius 2 is 2.62 bits per heavy atom. The zero-order valence-electron chi connectivity index (χ0n) is 7.58. The molecular formula is C8H14N4O. The van der Waals surface area contributed by atoms with Gasteiger partial charge >= 0.3 is 0 Å². The summed E-state index contributed by atoms with van der Waals surface area (Å²) < 4.78 is 0. The molecule has 72 valence electrons. The molecule has 0 bridgehead atoms.